The Morgan fingerprint density at radius 3 is 2.61 bits per heavy atom. The number of thiophene rings is 1. The minimum absolute atomic E-state index is 0.118. The number of benzene rings is 1. The Kier molecular flexibility index (Phi) is 4.48. The SMILES string of the molecule is O=C(N1CC(c2nc(-c3ccsc3)no2)C1)C1(c2ccc(Cl)cc2)CCCC1. The fraction of sp³-hybridized carbons (Fsp3) is 0.381. The van der Waals surface area contributed by atoms with Crippen molar-refractivity contribution < 1.29 is 9.32 Å². The first-order valence-corrected chi connectivity index (χ1v) is 10.9. The molecule has 3 aromatic rings. The molecule has 1 saturated carbocycles. The summed E-state index contributed by atoms with van der Waals surface area (Å²) >= 11 is 7.66. The number of rotatable bonds is 4. The van der Waals surface area contributed by atoms with E-state index in [1.807, 2.05) is 46.0 Å². The molecule has 1 aromatic carbocycles. The van der Waals surface area contributed by atoms with Gasteiger partial charge in [0.1, 0.15) is 0 Å². The van der Waals surface area contributed by atoms with E-state index in [0.717, 1.165) is 36.8 Å². The highest BCUT2D eigenvalue weighted by atomic mass is 35.5. The molecule has 1 aliphatic heterocycles. The van der Waals surface area contributed by atoms with Gasteiger partial charge in [-0.3, -0.25) is 4.79 Å². The third-order valence-electron chi connectivity index (χ3n) is 6.00. The number of amides is 1. The van der Waals surface area contributed by atoms with Crippen LogP contribution in [0.25, 0.3) is 11.4 Å². The number of halogens is 1. The van der Waals surface area contributed by atoms with Gasteiger partial charge in [-0.2, -0.15) is 16.3 Å². The molecule has 2 aliphatic rings. The number of aromatic nitrogens is 2. The lowest BCUT2D eigenvalue weighted by Gasteiger charge is -2.43. The molecule has 7 heteroatoms. The summed E-state index contributed by atoms with van der Waals surface area (Å²) < 4.78 is 5.46. The zero-order valence-electron chi connectivity index (χ0n) is 15.3. The molecule has 0 N–H and O–H groups in total. The average molecular weight is 414 g/mol. The molecule has 1 aliphatic carbocycles. The van der Waals surface area contributed by atoms with E-state index in [1.165, 1.54) is 0 Å². The van der Waals surface area contributed by atoms with Gasteiger partial charge in [0.2, 0.25) is 17.6 Å². The van der Waals surface area contributed by atoms with Gasteiger partial charge < -0.3 is 9.42 Å². The Labute approximate surface area is 172 Å². The summed E-state index contributed by atoms with van der Waals surface area (Å²) in [4.78, 5) is 19.9. The first kappa shape index (κ1) is 17.9. The van der Waals surface area contributed by atoms with Crippen LogP contribution in [0.5, 0.6) is 0 Å². The number of nitrogens with zero attached hydrogens (tertiary/aromatic N) is 3. The second kappa shape index (κ2) is 7.01. The lowest BCUT2D eigenvalue weighted by Crippen LogP contribution is -2.55. The predicted octanol–water partition coefficient (Wildman–Crippen LogP) is 4.89. The lowest BCUT2D eigenvalue weighted by molar-refractivity contribution is -0.142. The van der Waals surface area contributed by atoms with Crippen LogP contribution in [0.3, 0.4) is 0 Å². The number of hydrogen-bond acceptors (Lipinski definition) is 5. The monoisotopic (exact) mass is 413 g/mol. The van der Waals surface area contributed by atoms with E-state index >= 15 is 0 Å². The summed E-state index contributed by atoms with van der Waals surface area (Å²) in [7, 11) is 0. The Morgan fingerprint density at radius 1 is 1.18 bits per heavy atom. The molecule has 0 radical (unpaired) electrons. The smallest absolute Gasteiger partial charge is 0.233 e. The normalized spacial score (nSPS) is 19.0. The highest BCUT2D eigenvalue weighted by Crippen LogP contribution is 2.44. The molecule has 28 heavy (non-hydrogen) atoms. The Balaban J connectivity index is 1.31. The molecule has 0 bridgehead atoms. The largest absolute Gasteiger partial charge is 0.340 e. The minimum atomic E-state index is -0.410. The van der Waals surface area contributed by atoms with Crippen molar-refractivity contribution in [1.82, 2.24) is 15.0 Å². The van der Waals surface area contributed by atoms with Crippen LogP contribution in [0.15, 0.2) is 45.6 Å². The zero-order chi connectivity index (χ0) is 19.1. The molecule has 1 saturated heterocycles. The Hall–Kier alpha value is -2.18. The summed E-state index contributed by atoms with van der Waals surface area (Å²) in [6.07, 6.45) is 3.97. The Bertz CT molecular complexity index is 972. The quantitative estimate of drug-likeness (QED) is 0.611. The van der Waals surface area contributed by atoms with Crippen LogP contribution in [0.4, 0.5) is 0 Å². The minimum Gasteiger partial charge on any atom is -0.340 e. The van der Waals surface area contributed by atoms with Crippen molar-refractivity contribution >= 4 is 28.8 Å². The molecule has 2 fully saturated rings. The molecule has 5 nitrogen and oxygen atoms in total. The summed E-state index contributed by atoms with van der Waals surface area (Å²) in [5, 5.41) is 8.78. The molecule has 1 amide bonds. The maximum atomic E-state index is 13.4. The standard InChI is InChI=1S/C21H20ClN3O2S/c22-17-5-3-16(4-6-17)21(8-1-2-9-21)20(26)25-11-15(12-25)19-23-18(24-27-19)14-7-10-28-13-14/h3-7,10,13,15H,1-2,8-9,11-12H2. The maximum absolute atomic E-state index is 13.4. The second-order valence-corrected chi connectivity index (χ2v) is 8.89. The highest BCUT2D eigenvalue weighted by molar-refractivity contribution is 7.08. The van der Waals surface area contributed by atoms with E-state index in [1.54, 1.807) is 11.3 Å². The summed E-state index contributed by atoms with van der Waals surface area (Å²) in [6, 6.07) is 9.76. The van der Waals surface area contributed by atoms with Gasteiger partial charge in [-0.15, -0.1) is 0 Å². The second-order valence-electron chi connectivity index (χ2n) is 7.67. The van der Waals surface area contributed by atoms with E-state index in [9.17, 15) is 4.79 Å². The first-order chi connectivity index (χ1) is 13.7. The van der Waals surface area contributed by atoms with E-state index in [-0.39, 0.29) is 11.8 Å². The topological polar surface area (TPSA) is 59.2 Å². The zero-order valence-corrected chi connectivity index (χ0v) is 16.9. The fourth-order valence-electron chi connectivity index (χ4n) is 4.39. The molecule has 0 unspecified atom stereocenters. The third kappa shape index (κ3) is 2.95. The third-order valence-corrected chi connectivity index (χ3v) is 6.94. The molecule has 2 aromatic heterocycles. The molecule has 144 valence electrons. The van der Waals surface area contributed by atoms with Gasteiger partial charge in [-0.1, -0.05) is 41.7 Å². The number of carbonyl (C=O) groups is 1. The van der Waals surface area contributed by atoms with Gasteiger partial charge in [0, 0.05) is 29.1 Å². The van der Waals surface area contributed by atoms with Crippen molar-refractivity contribution in [1.29, 1.82) is 0 Å². The van der Waals surface area contributed by atoms with Gasteiger partial charge in [0.05, 0.1) is 11.3 Å². The van der Waals surface area contributed by atoms with Crippen LogP contribution in [-0.4, -0.2) is 34.0 Å². The van der Waals surface area contributed by atoms with E-state index < -0.39 is 5.41 Å². The summed E-state index contributed by atoms with van der Waals surface area (Å²) in [6.45, 7) is 1.28. The molecular formula is C21H20ClN3O2S. The van der Waals surface area contributed by atoms with E-state index in [0.29, 0.717) is 29.8 Å². The highest BCUT2D eigenvalue weighted by Gasteiger charge is 2.48. The maximum Gasteiger partial charge on any atom is 0.233 e. The van der Waals surface area contributed by atoms with Crippen LogP contribution in [0.2, 0.25) is 5.02 Å². The van der Waals surface area contributed by atoms with Crippen LogP contribution >= 0.6 is 22.9 Å². The Morgan fingerprint density at radius 2 is 1.93 bits per heavy atom. The van der Waals surface area contributed by atoms with Gasteiger partial charge in [0.25, 0.3) is 0 Å². The van der Waals surface area contributed by atoms with Crippen molar-refractivity contribution in [3.05, 3.63) is 57.6 Å². The van der Waals surface area contributed by atoms with Gasteiger partial charge >= 0.3 is 0 Å². The van der Waals surface area contributed by atoms with Crippen LogP contribution in [0.1, 0.15) is 43.1 Å². The van der Waals surface area contributed by atoms with Gasteiger partial charge in [-0.25, -0.2) is 0 Å². The van der Waals surface area contributed by atoms with Crippen molar-refractivity contribution in [2.24, 2.45) is 0 Å². The van der Waals surface area contributed by atoms with Crippen molar-refractivity contribution in [3.63, 3.8) is 0 Å². The van der Waals surface area contributed by atoms with Crippen LogP contribution in [0, 0.1) is 0 Å². The lowest BCUT2D eigenvalue weighted by atomic mass is 9.76. The number of hydrogen-bond donors (Lipinski definition) is 0. The molecule has 5 rings (SSSR count). The summed E-state index contributed by atoms with van der Waals surface area (Å²) in [5.41, 5.74) is 1.65. The van der Waals surface area contributed by atoms with Crippen LogP contribution < -0.4 is 0 Å². The molecule has 0 atom stereocenters. The van der Waals surface area contributed by atoms with E-state index in [2.05, 4.69) is 10.1 Å². The number of carbonyl (C=O) groups excluding carboxylic acids is 1. The number of likely N-dealkylation sites (tertiary alicyclic amines) is 1. The fourth-order valence-corrected chi connectivity index (χ4v) is 5.15. The summed E-state index contributed by atoms with van der Waals surface area (Å²) in [5.74, 6) is 1.58. The molecular weight excluding hydrogens is 394 g/mol. The van der Waals surface area contributed by atoms with Gasteiger partial charge in [-0.05, 0) is 42.0 Å². The molecule has 0 spiro atoms. The van der Waals surface area contributed by atoms with E-state index in [4.69, 9.17) is 16.1 Å². The average Bonchev–Trinajstić information content (AvgIpc) is 3.42. The molecule has 3 heterocycles. The van der Waals surface area contributed by atoms with Crippen molar-refractivity contribution in [3.8, 4) is 11.4 Å². The van der Waals surface area contributed by atoms with Gasteiger partial charge in [0.15, 0.2) is 0 Å². The van der Waals surface area contributed by atoms with Crippen molar-refractivity contribution in [2.45, 2.75) is 37.0 Å². The van der Waals surface area contributed by atoms with Crippen molar-refractivity contribution in [2.75, 3.05) is 13.1 Å². The van der Waals surface area contributed by atoms with Crippen LogP contribution in [-0.2, 0) is 10.2 Å². The predicted molar refractivity (Wildman–Crippen MR) is 109 cm³/mol. The first-order valence-electron chi connectivity index (χ1n) is 9.57.